The number of nitrogen functional groups attached to an aromatic ring is 1. The maximum Gasteiger partial charge on any atom is 0.338 e. The first-order valence-corrected chi connectivity index (χ1v) is 10.3. The van der Waals surface area contributed by atoms with Crippen molar-refractivity contribution in [2.24, 2.45) is 0 Å². The molecule has 4 rings (SSSR count). The number of carbonyl (C=O) groups is 1. The van der Waals surface area contributed by atoms with Crippen LogP contribution in [-0.4, -0.2) is 23.2 Å². The SMILES string of the molecule is COc1ccc(COc2cccc(OCc3csc4c(C(=O)O)cnc(N)c34)c2)cc1. The summed E-state index contributed by atoms with van der Waals surface area (Å²) in [5, 5.41) is 11.8. The summed E-state index contributed by atoms with van der Waals surface area (Å²) in [6.45, 7) is 0.652. The molecule has 0 unspecified atom stereocenters. The Kier molecular flexibility index (Phi) is 5.90. The lowest BCUT2D eigenvalue weighted by Crippen LogP contribution is -2.02. The summed E-state index contributed by atoms with van der Waals surface area (Å²) in [7, 11) is 1.63. The Labute approximate surface area is 182 Å². The third-order valence-electron chi connectivity index (χ3n) is 4.70. The van der Waals surface area contributed by atoms with Gasteiger partial charge < -0.3 is 25.1 Å². The van der Waals surface area contributed by atoms with Crippen molar-refractivity contribution >= 4 is 33.2 Å². The van der Waals surface area contributed by atoms with Crippen LogP contribution in [0.5, 0.6) is 17.2 Å². The third-order valence-corrected chi connectivity index (χ3v) is 5.76. The Hall–Kier alpha value is -3.78. The highest BCUT2D eigenvalue weighted by Crippen LogP contribution is 2.33. The number of fused-ring (bicyclic) bond motifs is 1. The molecule has 0 bridgehead atoms. The van der Waals surface area contributed by atoms with Crippen molar-refractivity contribution in [3.8, 4) is 17.2 Å². The standard InChI is InChI=1S/C23H20N2O5S/c1-28-16-7-5-14(6-8-16)11-29-17-3-2-4-18(9-17)30-12-15-13-31-21-19(23(26)27)10-25-22(24)20(15)21/h2-10,13H,11-12H2,1H3,(H2,24,25)(H,26,27). The van der Waals surface area contributed by atoms with Gasteiger partial charge in [0.1, 0.15) is 36.3 Å². The molecule has 0 aliphatic heterocycles. The van der Waals surface area contributed by atoms with Crippen molar-refractivity contribution in [3.05, 3.63) is 76.8 Å². The zero-order valence-electron chi connectivity index (χ0n) is 16.7. The van der Waals surface area contributed by atoms with Crippen LogP contribution >= 0.6 is 11.3 Å². The number of hydrogen-bond donors (Lipinski definition) is 2. The highest BCUT2D eigenvalue weighted by molar-refractivity contribution is 7.17. The second-order valence-corrected chi connectivity index (χ2v) is 7.61. The Balaban J connectivity index is 1.45. The van der Waals surface area contributed by atoms with Crippen molar-refractivity contribution in [2.75, 3.05) is 12.8 Å². The van der Waals surface area contributed by atoms with Gasteiger partial charge in [-0.05, 0) is 35.2 Å². The molecule has 158 valence electrons. The van der Waals surface area contributed by atoms with E-state index in [1.54, 1.807) is 7.11 Å². The summed E-state index contributed by atoms with van der Waals surface area (Å²) < 4.78 is 17.5. The van der Waals surface area contributed by atoms with E-state index in [0.717, 1.165) is 16.9 Å². The second-order valence-electron chi connectivity index (χ2n) is 6.73. The molecule has 0 saturated carbocycles. The van der Waals surface area contributed by atoms with Crippen molar-refractivity contribution in [2.45, 2.75) is 13.2 Å². The summed E-state index contributed by atoms with van der Waals surface area (Å²) in [5.41, 5.74) is 7.94. The number of pyridine rings is 1. The Morgan fingerprint density at radius 1 is 1.06 bits per heavy atom. The van der Waals surface area contributed by atoms with E-state index < -0.39 is 5.97 Å². The highest BCUT2D eigenvalue weighted by atomic mass is 32.1. The van der Waals surface area contributed by atoms with Crippen LogP contribution in [0.2, 0.25) is 0 Å². The molecule has 0 aliphatic rings. The molecule has 4 aromatic rings. The molecule has 0 aliphatic carbocycles. The lowest BCUT2D eigenvalue weighted by Gasteiger charge is -2.10. The van der Waals surface area contributed by atoms with E-state index in [2.05, 4.69) is 4.98 Å². The molecule has 0 atom stereocenters. The van der Waals surface area contributed by atoms with Crippen LogP contribution in [0.3, 0.4) is 0 Å². The van der Waals surface area contributed by atoms with Gasteiger partial charge in [-0.2, -0.15) is 0 Å². The number of thiophene rings is 1. The zero-order chi connectivity index (χ0) is 21.8. The van der Waals surface area contributed by atoms with Gasteiger partial charge in [0.25, 0.3) is 0 Å². The average molecular weight is 436 g/mol. The lowest BCUT2D eigenvalue weighted by atomic mass is 10.1. The lowest BCUT2D eigenvalue weighted by molar-refractivity contribution is 0.0699. The van der Waals surface area contributed by atoms with E-state index in [1.807, 2.05) is 53.9 Å². The molecule has 7 nitrogen and oxygen atoms in total. The van der Waals surface area contributed by atoms with Gasteiger partial charge in [0.05, 0.1) is 17.4 Å². The van der Waals surface area contributed by atoms with Gasteiger partial charge in [-0.15, -0.1) is 11.3 Å². The van der Waals surface area contributed by atoms with Crippen LogP contribution in [0.1, 0.15) is 21.5 Å². The molecule has 0 fully saturated rings. The number of methoxy groups -OCH3 is 1. The first kappa shape index (κ1) is 20.5. The predicted molar refractivity (Wildman–Crippen MR) is 119 cm³/mol. The number of aromatic carboxylic acids is 1. The molecule has 2 heterocycles. The maximum absolute atomic E-state index is 11.4. The zero-order valence-corrected chi connectivity index (χ0v) is 17.5. The first-order chi connectivity index (χ1) is 15.0. The van der Waals surface area contributed by atoms with Crippen molar-refractivity contribution < 1.29 is 24.1 Å². The quantitative estimate of drug-likeness (QED) is 0.411. The van der Waals surface area contributed by atoms with Crippen LogP contribution in [-0.2, 0) is 13.2 Å². The number of nitrogens with two attached hydrogens (primary N) is 1. The molecule has 0 spiro atoms. The number of anilines is 1. The van der Waals surface area contributed by atoms with Gasteiger partial charge in [0.15, 0.2) is 0 Å². The van der Waals surface area contributed by atoms with E-state index in [-0.39, 0.29) is 18.0 Å². The van der Waals surface area contributed by atoms with Crippen molar-refractivity contribution in [3.63, 3.8) is 0 Å². The number of carboxylic acids is 1. The summed E-state index contributed by atoms with van der Waals surface area (Å²) in [6.07, 6.45) is 1.28. The molecular weight excluding hydrogens is 416 g/mol. The van der Waals surface area contributed by atoms with Crippen LogP contribution in [0.15, 0.2) is 60.1 Å². The smallest absolute Gasteiger partial charge is 0.338 e. The monoisotopic (exact) mass is 436 g/mol. The van der Waals surface area contributed by atoms with Crippen molar-refractivity contribution in [1.82, 2.24) is 4.98 Å². The van der Waals surface area contributed by atoms with Crippen LogP contribution in [0, 0.1) is 0 Å². The fourth-order valence-corrected chi connectivity index (χ4v) is 4.16. The molecule has 0 radical (unpaired) electrons. The fourth-order valence-electron chi connectivity index (χ4n) is 3.09. The summed E-state index contributed by atoms with van der Waals surface area (Å²) >= 11 is 1.32. The Morgan fingerprint density at radius 2 is 1.77 bits per heavy atom. The number of hydrogen-bond acceptors (Lipinski definition) is 7. The predicted octanol–water partition coefficient (Wildman–Crippen LogP) is 4.74. The van der Waals surface area contributed by atoms with Crippen LogP contribution in [0.25, 0.3) is 10.1 Å². The molecule has 0 saturated heterocycles. The topological polar surface area (TPSA) is 104 Å². The van der Waals surface area contributed by atoms with E-state index in [0.29, 0.717) is 28.2 Å². The molecule has 3 N–H and O–H groups in total. The van der Waals surface area contributed by atoms with E-state index >= 15 is 0 Å². The van der Waals surface area contributed by atoms with Gasteiger partial charge in [-0.3, -0.25) is 0 Å². The number of rotatable bonds is 8. The average Bonchev–Trinajstić information content (AvgIpc) is 3.22. The fraction of sp³-hybridized carbons (Fsp3) is 0.130. The third kappa shape index (κ3) is 4.54. The molecule has 8 heteroatoms. The van der Waals surface area contributed by atoms with Gasteiger partial charge in [-0.1, -0.05) is 18.2 Å². The van der Waals surface area contributed by atoms with Crippen LogP contribution in [0.4, 0.5) is 5.82 Å². The molecule has 2 aromatic carbocycles. The molecular formula is C23H20N2O5S. The van der Waals surface area contributed by atoms with E-state index in [9.17, 15) is 9.90 Å². The highest BCUT2D eigenvalue weighted by Gasteiger charge is 2.17. The largest absolute Gasteiger partial charge is 0.497 e. The first-order valence-electron chi connectivity index (χ1n) is 9.41. The van der Waals surface area contributed by atoms with Gasteiger partial charge in [0, 0.05) is 23.2 Å². The summed E-state index contributed by atoms with van der Waals surface area (Å²) in [5.74, 6) is 1.36. The normalized spacial score (nSPS) is 10.7. The van der Waals surface area contributed by atoms with Crippen molar-refractivity contribution in [1.29, 1.82) is 0 Å². The number of benzene rings is 2. The second kappa shape index (κ2) is 8.93. The van der Waals surface area contributed by atoms with Crippen LogP contribution < -0.4 is 19.9 Å². The molecule has 0 amide bonds. The van der Waals surface area contributed by atoms with Gasteiger partial charge >= 0.3 is 5.97 Å². The number of aromatic nitrogens is 1. The minimum atomic E-state index is -1.03. The maximum atomic E-state index is 11.4. The van der Waals surface area contributed by atoms with Gasteiger partial charge in [-0.25, -0.2) is 9.78 Å². The summed E-state index contributed by atoms with van der Waals surface area (Å²) in [6, 6.07) is 15.0. The number of carboxylic acid groups (broad SMARTS) is 1. The van der Waals surface area contributed by atoms with E-state index in [1.165, 1.54) is 17.5 Å². The Morgan fingerprint density at radius 3 is 2.45 bits per heavy atom. The molecule has 31 heavy (non-hydrogen) atoms. The molecule has 2 aromatic heterocycles. The number of ether oxygens (including phenoxy) is 3. The summed E-state index contributed by atoms with van der Waals surface area (Å²) in [4.78, 5) is 15.4. The van der Waals surface area contributed by atoms with E-state index in [4.69, 9.17) is 19.9 Å². The number of nitrogens with zero attached hydrogens (tertiary/aromatic N) is 1. The minimum absolute atomic E-state index is 0.134. The Bertz CT molecular complexity index is 1220. The van der Waals surface area contributed by atoms with Gasteiger partial charge in [0.2, 0.25) is 0 Å². The minimum Gasteiger partial charge on any atom is -0.497 e.